The van der Waals surface area contributed by atoms with E-state index in [1.165, 1.54) is 33.4 Å². The second-order valence-electron chi connectivity index (χ2n) is 8.03. The number of H-pyrrole nitrogens is 1. The van der Waals surface area contributed by atoms with Gasteiger partial charge < -0.3 is 4.74 Å². The molecule has 0 spiro atoms. The number of hydrogen-bond acceptors (Lipinski definition) is 2. The molecule has 157 valence electrons. The number of benzene rings is 3. The van der Waals surface area contributed by atoms with Gasteiger partial charge in [0.2, 0.25) is 0 Å². The van der Waals surface area contributed by atoms with Gasteiger partial charge in [-0.15, -0.1) is 0 Å². The number of fused-ring (bicyclic) bond motifs is 1. The van der Waals surface area contributed by atoms with Crippen molar-refractivity contribution >= 4 is 22.0 Å². The van der Waals surface area contributed by atoms with Gasteiger partial charge in [-0.2, -0.15) is 5.10 Å². The van der Waals surface area contributed by atoms with Crippen molar-refractivity contribution in [1.29, 1.82) is 0 Å². The maximum atomic E-state index is 5.56. The van der Waals surface area contributed by atoms with Crippen LogP contribution in [-0.4, -0.2) is 16.8 Å². The van der Waals surface area contributed by atoms with Gasteiger partial charge in [0.1, 0.15) is 5.75 Å². The summed E-state index contributed by atoms with van der Waals surface area (Å²) >= 11 is 0. The average Bonchev–Trinajstić information content (AvgIpc) is 3.26. The highest BCUT2D eigenvalue weighted by atomic mass is 16.5. The molecule has 0 saturated carbocycles. The molecule has 31 heavy (non-hydrogen) atoms. The lowest BCUT2D eigenvalue weighted by Gasteiger charge is -2.17. The Morgan fingerprint density at radius 2 is 1.61 bits per heavy atom. The van der Waals surface area contributed by atoms with Gasteiger partial charge in [0.05, 0.1) is 18.3 Å². The molecule has 4 rings (SSSR count). The Morgan fingerprint density at radius 3 is 2.26 bits per heavy atom. The Morgan fingerprint density at radius 1 is 0.935 bits per heavy atom. The van der Waals surface area contributed by atoms with Crippen LogP contribution in [0, 0.1) is 6.92 Å². The zero-order valence-corrected chi connectivity index (χ0v) is 18.5. The van der Waals surface area contributed by atoms with Gasteiger partial charge in [-0.3, -0.25) is 5.10 Å². The molecule has 0 aliphatic carbocycles. The Hall–Kier alpha value is -3.33. The summed E-state index contributed by atoms with van der Waals surface area (Å²) in [6, 6.07) is 23.8. The van der Waals surface area contributed by atoms with Crippen molar-refractivity contribution in [3.63, 3.8) is 0 Å². The summed E-state index contributed by atoms with van der Waals surface area (Å²) < 4.78 is 5.56. The molecule has 0 fully saturated rings. The molecule has 1 N–H and O–H groups in total. The molecule has 1 radical (unpaired) electrons. The van der Waals surface area contributed by atoms with Gasteiger partial charge in [0, 0.05) is 5.39 Å². The van der Waals surface area contributed by atoms with Gasteiger partial charge in [-0.25, -0.2) is 0 Å². The second-order valence-corrected chi connectivity index (χ2v) is 8.03. The largest absolute Gasteiger partial charge is 0.494 e. The summed E-state index contributed by atoms with van der Waals surface area (Å²) in [6.45, 7) is 10.9. The molecule has 3 nitrogen and oxygen atoms in total. The van der Waals surface area contributed by atoms with Crippen LogP contribution >= 0.6 is 0 Å². The van der Waals surface area contributed by atoms with E-state index >= 15 is 0 Å². The predicted octanol–water partition coefficient (Wildman–Crippen LogP) is 7.27. The van der Waals surface area contributed by atoms with Gasteiger partial charge >= 0.3 is 0 Å². The fourth-order valence-corrected chi connectivity index (χ4v) is 4.04. The molecular formula is C28H29N2O. The molecule has 4 aromatic rings. The van der Waals surface area contributed by atoms with E-state index < -0.39 is 0 Å². The van der Waals surface area contributed by atoms with Crippen LogP contribution in [0.4, 0.5) is 0 Å². The van der Waals surface area contributed by atoms with Gasteiger partial charge in [-0.1, -0.05) is 63.2 Å². The lowest BCUT2D eigenvalue weighted by molar-refractivity contribution is 0.361. The minimum absolute atomic E-state index is 0.418. The maximum absolute atomic E-state index is 5.56. The highest BCUT2D eigenvalue weighted by molar-refractivity contribution is 6.00. The summed E-state index contributed by atoms with van der Waals surface area (Å²) in [5.41, 5.74) is 8.57. The first-order chi connectivity index (χ1) is 15.1. The third-order valence-electron chi connectivity index (χ3n) is 5.72. The highest BCUT2D eigenvalue weighted by Crippen LogP contribution is 2.36. The monoisotopic (exact) mass is 409 g/mol. The third kappa shape index (κ3) is 4.41. The normalized spacial score (nSPS) is 12.3. The van der Waals surface area contributed by atoms with Crippen molar-refractivity contribution in [2.45, 2.75) is 33.1 Å². The molecule has 3 heteroatoms. The SMILES string of the molecule is [CH2]COc1ccc(/C(=C(/CC)c2ccc(C(C)C)cc2)c2ccc3[nH]ncc3c2)cc1. The molecule has 1 heterocycles. The fourth-order valence-electron chi connectivity index (χ4n) is 4.04. The lowest BCUT2D eigenvalue weighted by atomic mass is 9.87. The first-order valence-corrected chi connectivity index (χ1v) is 10.9. The van der Waals surface area contributed by atoms with E-state index in [2.05, 4.69) is 92.5 Å². The maximum Gasteiger partial charge on any atom is 0.119 e. The highest BCUT2D eigenvalue weighted by Gasteiger charge is 2.14. The topological polar surface area (TPSA) is 37.9 Å². The quantitative estimate of drug-likeness (QED) is 0.326. The van der Waals surface area contributed by atoms with Gasteiger partial charge in [0.15, 0.2) is 0 Å². The van der Waals surface area contributed by atoms with Crippen molar-refractivity contribution < 1.29 is 4.74 Å². The van der Waals surface area contributed by atoms with Crippen molar-refractivity contribution in [3.05, 3.63) is 102 Å². The molecule has 1 aromatic heterocycles. The number of aromatic nitrogens is 2. The van der Waals surface area contributed by atoms with Crippen molar-refractivity contribution in [3.8, 4) is 5.75 Å². The molecule has 0 saturated heterocycles. The van der Waals surface area contributed by atoms with E-state index in [-0.39, 0.29) is 0 Å². The Labute approximate surface area is 184 Å². The summed E-state index contributed by atoms with van der Waals surface area (Å²) in [5, 5.41) is 8.35. The average molecular weight is 410 g/mol. The van der Waals surface area contributed by atoms with Crippen LogP contribution in [0.3, 0.4) is 0 Å². The van der Waals surface area contributed by atoms with Crippen LogP contribution in [0.2, 0.25) is 0 Å². The van der Waals surface area contributed by atoms with Crippen LogP contribution in [0.1, 0.15) is 55.4 Å². The smallest absolute Gasteiger partial charge is 0.119 e. The Bertz CT molecular complexity index is 1180. The van der Waals surface area contributed by atoms with Crippen molar-refractivity contribution in [2.24, 2.45) is 0 Å². The fraction of sp³-hybridized carbons (Fsp3) is 0.214. The van der Waals surface area contributed by atoms with Crippen LogP contribution in [0.5, 0.6) is 5.75 Å². The molecule has 0 bridgehead atoms. The molecule has 0 aliphatic rings. The van der Waals surface area contributed by atoms with E-state index in [4.69, 9.17) is 4.74 Å². The van der Waals surface area contributed by atoms with Crippen molar-refractivity contribution in [1.82, 2.24) is 10.2 Å². The number of rotatable bonds is 7. The van der Waals surface area contributed by atoms with E-state index in [0.29, 0.717) is 12.5 Å². The Balaban J connectivity index is 1.90. The minimum atomic E-state index is 0.418. The van der Waals surface area contributed by atoms with Gasteiger partial charge in [0.25, 0.3) is 0 Å². The van der Waals surface area contributed by atoms with Crippen LogP contribution in [0.15, 0.2) is 72.9 Å². The van der Waals surface area contributed by atoms with Crippen LogP contribution in [0.25, 0.3) is 22.0 Å². The zero-order valence-electron chi connectivity index (χ0n) is 18.5. The predicted molar refractivity (Wildman–Crippen MR) is 130 cm³/mol. The number of nitrogens with zero attached hydrogens (tertiary/aromatic N) is 1. The standard InChI is InChI=1S/C28H29N2O/c1-5-26(21-9-7-20(8-10-21)19(3)4)28(22-11-14-25(15-12-22)31-6-2)23-13-16-27-24(17-23)18-29-30-27/h7-19H,2,5-6H2,1,3-4H3,(H,29,30)/b28-26+. The Kier molecular flexibility index (Phi) is 6.22. The van der Waals surface area contributed by atoms with Gasteiger partial charge in [-0.05, 0) is 76.9 Å². The number of nitrogens with one attached hydrogen (secondary N) is 1. The summed E-state index contributed by atoms with van der Waals surface area (Å²) in [6.07, 6.45) is 2.81. The van der Waals surface area contributed by atoms with E-state index in [9.17, 15) is 0 Å². The third-order valence-corrected chi connectivity index (χ3v) is 5.72. The summed E-state index contributed by atoms with van der Waals surface area (Å²) in [5.74, 6) is 1.36. The number of aromatic amines is 1. The number of allylic oxidation sites excluding steroid dienone is 1. The van der Waals surface area contributed by atoms with E-state index in [1.807, 2.05) is 18.3 Å². The molecule has 0 amide bonds. The summed E-state index contributed by atoms with van der Waals surface area (Å²) in [4.78, 5) is 0. The van der Waals surface area contributed by atoms with E-state index in [0.717, 1.165) is 23.1 Å². The summed E-state index contributed by atoms with van der Waals surface area (Å²) in [7, 11) is 0. The first kappa shape index (κ1) is 20.9. The number of ether oxygens (including phenoxy) is 1. The second kappa shape index (κ2) is 9.22. The first-order valence-electron chi connectivity index (χ1n) is 10.9. The van der Waals surface area contributed by atoms with Crippen LogP contribution in [-0.2, 0) is 0 Å². The van der Waals surface area contributed by atoms with Crippen molar-refractivity contribution in [2.75, 3.05) is 6.61 Å². The van der Waals surface area contributed by atoms with E-state index in [1.54, 1.807) is 0 Å². The molecule has 0 atom stereocenters. The molecule has 0 aliphatic heterocycles. The molecular weight excluding hydrogens is 380 g/mol. The molecule has 3 aromatic carbocycles. The zero-order chi connectivity index (χ0) is 21.8. The number of hydrogen-bond donors (Lipinski definition) is 1. The minimum Gasteiger partial charge on any atom is -0.494 e. The lowest BCUT2D eigenvalue weighted by Crippen LogP contribution is -1.97. The van der Waals surface area contributed by atoms with Crippen LogP contribution < -0.4 is 4.74 Å². The molecule has 0 unspecified atom stereocenters.